The Morgan fingerprint density at radius 2 is 0.471 bits per heavy atom. The van der Waals surface area contributed by atoms with Crippen LogP contribution in [0.2, 0.25) is 0 Å². The fourth-order valence-electron chi connectivity index (χ4n) is 12.9. The molecule has 6 atom stereocenters. The number of phosphoric acid groups is 2. The molecule has 0 aliphatic heterocycles. The van der Waals surface area contributed by atoms with Crippen LogP contribution in [0.25, 0.3) is 0 Å². The van der Waals surface area contributed by atoms with Gasteiger partial charge in [0.1, 0.15) is 19.3 Å². The summed E-state index contributed by atoms with van der Waals surface area (Å²) >= 11 is 0. The van der Waals surface area contributed by atoms with Crippen molar-refractivity contribution in [1.29, 1.82) is 0 Å². The van der Waals surface area contributed by atoms with Gasteiger partial charge in [-0.2, -0.15) is 0 Å². The summed E-state index contributed by atoms with van der Waals surface area (Å²) in [5.74, 6) is -1.23. The van der Waals surface area contributed by atoms with E-state index in [1.54, 1.807) is 0 Å². The molecule has 3 unspecified atom stereocenters. The van der Waals surface area contributed by atoms with Crippen LogP contribution in [-0.4, -0.2) is 96.7 Å². The van der Waals surface area contributed by atoms with Crippen LogP contribution >= 0.6 is 15.6 Å². The largest absolute Gasteiger partial charge is 0.472 e. The molecule has 3 N–H and O–H groups in total. The smallest absolute Gasteiger partial charge is 0.462 e. The van der Waals surface area contributed by atoms with Crippen molar-refractivity contribution < 1.29 is 80.2 Å². The van der Waals surface area contributed by atoms with Gasteiger partial charge in [-0.15, -0.1) is 0 Å². The molecule has 606 valence electrons. The number of carbonyl (C=O) groups is 4. The van der Waals surface area contributed by atoms with E-state index in [1.807, 2.05) is 0 Å². The Hall–Kier alpha value is -1.94. The molecule has 0 aliphatic carbocycles. The van der Waals surface area contributed by atoms with Gasteiger partial charge in [0.05, 0.1) is 26.4 Å². The first kappa shape index (κ1) is 100. The molecule has 102 heavy (non-hydrogen) atoms. The van der Waals surface area contributed by atoms with E-state index < -0.39 is 97.5 Å². The number of esters is 4. The van der Waals surface area contributed by atoms with Crippen LogP contribution in [0.5, 0.6) is 0 Å². The van der Waals surface area contributed by atoms with Crippen LogP contribution in [-0.2, 0) is 65.4 Å². The fraction of sp³-hybridized carbons (Fsp3) is 0.952. The second kappa shape index (κ2) is 75.9. The molecule has 19 heteroatoms. The van der Waals surface area contributed by atoms with Crippen LogP contribution < -0.4 is 0 Å². The van der Waals surface area contributed by atoms with E-state index >= 15 is 0 Å². The van der Waals surface area contributed by atoms with E-state index in [0.717, 1.165) is 95.8 Å². The summed E-state index contributed by atoms with van der Waals surface area (Å²) < 4.78 is 68.8. The number of aliphatic hydroxyl groups is 1. The van der Waals surface area contributed by atoms with E-state index in [-0.39, 0.29) is 25.7 Å². The van der Waals surface area contributed by atoms with Gasteiger partial charge in [-0.3, -0.25) is 37.3 Å². The van der Waals surface area contributed by atoms with Crippen molar-refractivity contribution >= 4 is 39.5 Å². The topological polar surface area (TPSA) is 237 Å². The standard InChI is InChI=1S/C83H162O17P2/c1-6-10-13-16-19-22-25-28-29-35-38-43-47-52-57-62-67-81(86)94-73-79(100-83(88)69-64-59-54-49-44-39-36-33-31-30-32-34-37-40-45-50-55-60-65-76(5)9-4)75-98-102(91,92)96-71-77(84)70-95-101(89,90)97-74-78(99-82(87)68-63-58-53-48-42-27-24-21-18-15-12-8-3)72-93-80(85)66-61-56-51-46-41-26-23-20-17-14-11-7-2/h76-79,84H,6-75H2,1-5H3,(H,89,90)(H,91,92)/t76?,77-,78+,79+/m0/s1. The quantitative estimate of drug-likeness (QED) is 0.0222. The van der Waals surface area contributed by atoms with Gasteiger partial charge < -0.3 is 33.8 Å². The second-order valence-corrected chi connectivity index (χ2v) is 33.0. The minimum Gasteiger partial charge on any atom is -0.462 e. The fourth-order valence-corrected chi connectivity index (χ4v) is 14.5. The molecule has 0 aromatic heterocycles. The number of hydrogen-bond donors (Lipinski definition) is 3. The van der Waals surface area contributed by atoms with Crippen molar-refractivity contribution in [2.24, 2.45) is 5.92 Å². The minimum absolute atomic E-state index is 0.108. The third-order valence-electron chi connectivity index (χ3n) is 19.9. The predicted molar refractivity (Wildman–Crippen MR) is 418 cm³/mol. The van der Waals surface area contributed by atoms with Gasteiger partial charge in [0.15, 0.2) is 12.2 Å². The van der Waals surface area contributed by atoms with E-state index in [4.69, 9.17) is 37.0 Å². The number of phosphoric ester groups is 2. The van der Waals surface area contributed by atoms with E-state index in [0.29, 0.717) is 25.7 Å². The van der Waals surface area contributed by atoms with Gasteiger partial charge in [0.2, 0.25) is 0 Å². The maximum absolute atomic E-state index is 13.1. The Bertz CT molecular complexity index is 1950. The highest BCUT2D eigenvalue weighted by molar-refractivity contribution is 7.47. The normalized spacial score (nSPS) is 14.1. The number of aliphatic hydroxyl groups excluding tert-OH is 1. The molecule has 0 amide bonds. The number of carbonyl (C=O) groups excluding carboxylic acids is 4. The zero-order valence-corrected chi connectivity index (χ0v) is 68.5. The first-order valence-corrected chi connectivity index (χ1v) is 46.2. The first-order chi connectivity index (χ1) is 49.6. The Morgan fingerprint density at radius 1 is 0.275 bits per heavy atom. The lowest BCUT2D eigenvalue weighted by Crippen LogP contribution is -2.30. The monoisotopic (exact) mass is 1490 g/mol. The Morgan fingerprint density at radius 3 is 0.696 bits per heavy atom. The molecular weight excluding hydrogens is 1330 g/mol. The highest BCUT2D eigenvalue weighted by Gasteiger charge is 2.30. The molecule has 0 aromatic rings. The zero-order chi connectivity index (χ0) is 74.8. The maximum atomic E-state index is 13.1. The second-order valence-electron chi connectivity index (χ2n) is 30.1. The number of unbranched alkanes of at least 4 members (excludes halogenated alkanes) is 54. The zero-order valence-electron chi connectivity index (χ0n) is 66.8. The third-order valence-corrected chi connectivity index (χ3v) is 21.8. The number of rotatable bonds is 83. The number of ether oxygens (including phenoxy) is 4. The summed E-state index contributed by atoms with van der Waals surface area (Å²) in [5, 5.41) is 10.7. The summed E-state index contributed by atoms with van der Waals surface area (Å²) in [6.07, 6.45) is 67.8. The van der Waals surface area contributed by atoms with Crippen LogP contribution in [0.4, 0.5) is 0 Å². The highest BCUT2D eigenvalue weighted by atomic mass is 31.2. The van der Waals surface area contributed by atoms with Gasteiger partial charge in [-0.25, -0.2) is 9.13 Å². The maximum Gasteiger partial charge on any atom is 0.472 e. The lowest BCUT2D eigenvalue weighted by atomic mass is 9.99. The summed E-state index contributed by atoms with van der Waals surface area (Å²) in [6.45, 7) is 7.41. The van der Waals surface area contributed by atoms with Gasteiger partial charge in [-0.05, 0) is 31.6 Å². The van der Waals surface area contributed by atoms with Crippen LogP contribution in [0, 0.1) is 5.92 Å². The molecule has 0 saturated carbocycles. The van der Waals surface area contributed by atoms with E-state index in [9.17, 15) is 43.2 Å². The van der Waals surface area contributed by atoms with Gasteiger partial charge in [-0.1, -0.05) is 394 Å². The summed E-state index contributed by atoms with van der Waals surface area (Å²) in [4.78, 5) is 73.1. The predicted octanol–water partition coefficient (Wildman–Crippen LogP) is 25.2. The van der Waals surface area contributed by atoms with Gasteiger partial charge >= 0.3 is 39.5 Å². The average Bonchev–Trinajstić information content (AvgIpc) is 0.930. The molecule has 0 spiro atoms. The number of hydrogen-bond acceptors (Lipinski definition) is 15. The van der Waals surface area contributed by atoms with Crippen molar-refractivity contribution in [2.45, 2.75) is 464 Å². The van der Waals surface area contributed by atoms with Crippen molar-refractivity contribution in [3.8, 4) is 0 Å². The highest BCUT2D eigenvalue weighted by Crippen LogP contribution is 2.45. The summed E-state index contributed by atoms with van der Waals surface area (Å²) in [6, 6.07) is 0. The van der Waals surface area contributed by atoms with Gasteiger partial charge in [0, 0.05) is 25.7 Å². The SMILES string of the molecule is CCCCCCCCCCCCCCCCCCC(=O)OC[C@H](COP(=O)(O)OC[C@@H](O)COP(=O)(O)OC[C@@H](COC(=O)CCCCCCCCCCCCCC)OC(=O)CCCCCCCCCCCCCC)OC(=O)CCCCCCCCCCCCCCCCCCCCC(C)CC. The minimum atomic E-state index is -4.96. The Labute approximate surface area is 626 Å². The molecule has 0 fully saturated rings. The van der Waals surface area contributed by atoms with Crippen molar-refractivity contribution in [3.63, 3.8) is 0 Å². The van der Waals surface area contributed by atoms with Crippen LogP contribution in [0.1, 0.15) is 446 Å². The lowest BCUT2D eigenvalue weighted by Gasteiger charge is -2.21. The summed E-state index contributed by atoms with van der Waals surface area (Å²) in [7, 11) is -9.92. The molecule has 0 radical (unpaired) electrons. The molecule has 0 bridgehead atoms. The first-order valence-electron chi connectivity index (χ1n) is 43.2. The third kappa shape index (κ3) is 74.9. The molecule has 0 heterocycles. The molecule has 17 nitrogen and oxygen atoms in total. The molecule has 0 aliphatic rings. The summed E-state index contributed by atoms with van der Waals surface area (Å²) in [5.41, 5.74) is 0. The Kier molecular flexibility index (Phi) is 74.4. The van der Waals surface area contributed by atoms with Crippen molar-refractivity contribution in [1.82, 2.24) is 0 Å². The Balaban J connectivity index is 5.22. The van der Waals surface area contributed by atoms with E-state index in [1.165, 1.54) is 270 Å². The average molecular weight is 1490 g/mol. The van der Waals surface area contributed by atoms with Crippen molar-refractivity contribution in [2.75, 3.05) is 39.6 Å². The molecular formula is C83H162O17P2. The molecule has 0 aromatic carbocycles. The van der Waals surface area contributed by atoms with E-state index in [2.05, 4.69) is 34.6 Å². The van der Waals surface area contributed by atoms with Crippen LogP contribution in [0.15, 0.2) is 0 Å². The van der Waals surface area contributed by atoms with Crippen LogP contribution in [0.3, 0.4) is 0 Å². The molecule has 0 rings (SSSR count). The molecule has 0 saturated heterocycles. The van der Waals surface area contributed by atoms with Crippen molar-refractivity contribution in [3.05, 3.63) is 0 Å². The van der Waals surface area contributed by atoms with Gasteiger partial charge in [0.25, 0.3) is 0 Å². The lowest BCUT2D eigenvalue weighted by molar-refractivity contribution is -0.161.